The molecule has 1 nitrogen and oxygen atoms in total. The summed E-state index contributed by atoms with van der Waals surface area (Å²) in [5.41, 5.74) is 0. The Kier molecular flexibility index (Phi) is 15.9. The Morgan fingerprint density at radius 2 is 1.21 bits per heavy atom. The molecule has 0 spiro atoms. The molecule has 0 heterocycles. The molecular weight excluding hydrogens is 232 g/mol. The zero-order valence-corrected chi connectivity index (χ0v) is 12.5. The molecule has 0 amide bonds. The molecular formula is C18H30O. The van der Waals surface area contributed by atoms with Crippen molar-refractivity contribution in [3.05, 3.63) is 36.5 Å². The van der Waals surface area contributed by atoms with Crippen molar-refractivity contribution in [1.29, 1.82) is 0 Å². The second-order valence-electron chi connectivity index (χ2n) is 4.88. The fourth-order valence-corrected chi connectivity index (χ4v) is 1.98. The summed E-state index contributed by atoms with van der Waals surface area (Å²) < 4.78 is 0. The van der Waals surface area contributed by atoms with Crippen molar-refractivity contribution in [3.63, 3.8) is 0 Å². The molecule has 19 heavy (non-hydrogen) atoms. The zero-order chi connectivity index (χ0) is 14.0. The molecule has 0 aromatic heterocycles. The van der Waals surface area contributed by atoms with E-state index < -0.39 is 0 Å². The van der Waals surface area contributed by atoms with E-state index in [-0.39, 0.29) is 0 Å². The molecule has 108 valence electrons. The molecule has 0 rings (SSSR count). The first-order valence-corrected chi connectivity index (χ1v) is 7.83. The third-order valence-electron chi connectivity index (χ3n) is 3.08. The van der Waals surface area contributed by atoms with Gasteiger partial charge in [0.05, 0.1) is 0 Å². The first-order chi connectivity index (χ1) is 9.41. The van der Waals surface area contributed by atoms with Crippen LogP contribution < -0.4 is 0 Å². The number of hydrogen-bond acceptors (Lipinski definition) is 1. The Hall–Kier alpha value is -1.11. The SMILES string of the molecule is CCC=CCCCCCCCCC/C=C\C=CC=O. The second kappa shape index (κ2) is 16.9. The maximum atomic E-state index is 10.0. The summed E-state index contributed by atoms with van der Waals surface area (Å²) in [6.45, 7) is 2.18. The molecule has 0 aliphatic heterocycles. The number of allylic oxidation sites excluding steroid dienone is 6. The summed E-state index contributed by atoms with van der Waals surface area (Å²) in [6.07, 6.45) is 25.8. The Bertz CT molecular complexity index is 261. The van der Waals surface area contributed by atoms with E-state index in [1.165, 1.54) is 63.9 Å². The number of carbonyl (C=O) groups is 1. The van der Waals surface area contributed by atoms with Crippen molar-refractivity contribution < 1.29 is 4.79 Å². The lowest BCUT2D eigenvalue weighted by atomic mass is 10.1. The van der Waals surface area contributed by atoms with E-state index in [0.29, 0.717) is 0 Å². The third kappa shape index (κ3) is 16.9. The van der Waals surface area contributed by atoms with Gasteiger partial charge in [0.1, 0.15) is 6.29 Å². The van der Waals surface area contributed by atoms with Crippen LogP contribution >= 0.6 is 0 Å². The first-order valence-electron chi connectivity index (χ1n) is 7.83. The number of rotatable bonds is 13. The van der Waals surface area contributed by atoms with Gasteiger partial charge >= 0.3 is 0 Å². The van der Waals surface area contributed by atoms with E-state index in [2.05, 4.69) is 25.2 Å². The van der Waals surface area contributed by atoms with Crippen molar-refractivity contribution in [2.24, 2.45) is 0 Å². The molecule has 0 aliphatic carbocycles. The molecule has 0 radical (unpaired) electrons. The van der Waals surface area contributed by atoms with Crippen LogP contribution in [0.3, 0.4) is 0 Å². The molecule has 1 heteroatoms. The minimum absolute atomic E-state index is 0.808. The number of hydrogen-bond donors (Lipinski definition) is 0. The number of unbranched alkanes of at least 4 members (excludes halogenated alkanes) is 8. The molecule has 0 fully saturated rings. The third-order valence-corrected chi connectivity index (χ3v) is 3.08. The highest BCUT2D eigenvalue weighted by atomic mass is 16.1. The van der Waals surface area contributed by atoms with Crippen LogP contribution in [0.4, 0.5) is 0 Å². The molecule has 0 aromatic rings. The summed E-state index contributed by atoms with van der Waals surface area (Å²) in [4.78, 5) is 10.0. The van der Waals surface area contributed by atoms with Crippen LogP contribution in [0.25, 0.3) is 0 Å². The zero-order valence-electron chi connectivity index (χ0n) is 12.5. The summed E-state index contributed by atoms with van der Waals surface area (Å²) in [6, 6.07) is 0. The van der Waals surface area contributed by atoms with Crippen LogP contribution in [0, 0.1) is 0 Å². The lowest BCUT2D eigenvalue weighted by Gasteiger charge is -2.00. The van der Waals surface area contributed by atoms with Crippen molar-refractivity contribution in [2.75, 3.05) is 0 Å². The van der Waals surface area contributed by atoms with Crippen molar-refractivity contribution in [3.8, 4) is 0 Å². The Morgan fingerprint density at radius 1 is 0.632 bits per heavy atom. The maximum absolute atomic E-state index is 10.0. The normalized spacial score (nSPS) is 12.1. The highest BCUT2D eigenvalue weighted by molar-refractivity contribution is 5.65. The van der Waals surface area contributed by atoms with E-state index in [1.807, 2.05) is 6.08 Å². The minimum Gasteiger partial charge on any atom is -0.299 e. The van der Waals surface area contributed by atoms with Gasteiger partial charge in [-0.15, -0.1) is 0 Å². The van der Waals surface area contributed by atoms with Crippen molar-refractivity contribution in [1.82, 2.24) is 0 Å². The summed E-state index contributed by atoms with van der Waals surface area (Å²) in [7, 11) is 0. The van der Waals surface area contributed by atoms with Gasteiger partial charge in [-0.1, -0.05) is 69.4 Å². The van der Waals surface area contributed by atoms with Crippen LogP contribution in [-0.4, -0.2) is 6.29 Å². The molecule has 0 N–H and O–H groups in total. The van der Waals surface area contributed by atoms with Crippen LogP contribution in [0.5, 0.6) is 0 Å². The van der Waals surface area contributed by atoms with Crippen molar-refractivity contribution in [2.45, 2.75) is 71.1 Å². The van der Waals surface area contributed by atoms with E-state index in [4.69, 9.17) is 0 Å². The molecule has 0 bridgehead atoms. The van der Waals surface area contributed by atoms with E-state index >= 15 is 0 Å². The molecule has 0 unspecified atom stereocenters. The van der Waals surface area contributed by atoms with Crippen LogP contribution in [0.1, 0.15) is 71.1 Å². The molecule has 0 saturated carbocycles. The highest BCUT2D eigenvalue weighted by Gasteiger charge is 1.90. The van der Waals surface area contributed by atoms with Crippen LogP contribution in [0.15, 0.2) is 36.5 Å². The van der Waals surface area contributed by atoms with Gasteiger partial charge in [-0.05, 0) is 38.2 Å². The van der Waals surface area contributed by atoms with Crippen LogP contribution in [0.2, 0.25) is 0 Å². The molecule has 0 aromatic carbocycles. The standard InChI is InChI=1S/C18H30O/c1-2-3-4-5-6-7-8-9-10-11-12-13-14-15-16-17-18-19/h3-4,14-18H,2,5-13H2,1H3/b4-3?,15-14-,17-16?. The van der Waals surface area contributed by atoms with Gasteiger partial charge in [-0.3, -0.25) is 4.79 Å². The Labute approximate surface area is 119 Å². The summed E-state index contributed by atoms with van der Waals surface area (Å²) >= 11 is 0. The fourth-order valence-electron chi connectivity index (χ4n) is 1.98. The van der Waals surface area contributed by atoms with Crippen LogP contribution in [-0.2, 0) is 4.79 Å². The van der Waals surface area contributed by atoms with Gasteiger partial charge in [-0.25, -0.2) is 0 Å². The minimum atomic E-state index is 0.808. The Morgan fingerprint density at radius 3 is 1.79 bits per heavy atom. The van der Waals surface area contributed by atoms with Gasteiger partial charge in [0.15, 0.2) is 0 Å². The predicted molar refractivity (Wildman–Crippen MR) is 85.3 cm³/mol. The van der Waals surface area contributed by atoms with Gasteiger partial charge in [-0.2, -0.15) is 0 Å². The first kappa shape index (κ1) is 17.9. The molecule has 0 atom stereocenters. The summed E-state index contributed by atoms with van der Waals surface area (Å²) in [5.74, 6) is 0. The quantitative estimate of drug-likeness (QED) is 0.135. The highest BCUT2D eigenvalue weighted by Crippen LogP contribution is 2.10. The lowest BCUT2D eigenvalue weighted by Crippen LogP contribution is -1.80. The summed E-state index contributed by atoms with van der Waals surface area (Å²) in [5, 5.41) is 0. The largest absolute Gasteiger partial charge is 0.299 e. The van der Waals surface area contributed by atoms with E-state index in [0.717, 1.165) is 12.7 Å². The van der Waals surface area contributed by atoms with E-state index in [9.17, 15) is 4.79 Å². The Balaban J connectivity index is 3.10. The smallest absolute Gasteiger partial charge is 0.142 e. The van der Waals surface area contributed by atoms with Gasteiger partial charge < -0.3 is 0 Å². The predicted octanol–water partition coefficient (Wildman–Crippen LogP) is 5.77. The fraction of sp³-hybridized carbons (Fsp3) is 0.611. The second-order valence-corrected chi connectivity index (χ2v) is 4.88. The average molecular weight is 262 g/mol. The van der Waals surface area contributed by atoms with Gasteiger partial charge in [0.25, 0.3) is 0 Å². The molecule has 0 saturated heterocycles. The number of aldehydes is 1. The number of carbonyl (C=O) groups excluding carboxylic acids is 1. The monoisotopic (exact) mass is 262 g/mol. The van der Waals surface area contributed by atoms with Crippen molar-refractivity contribution >= 4 is 6.29 Å². The van der Waals surface area contributed by atoms with Gasteiger partial charge in [0.2, 0.25) is 0 Å². The maximum Gasteiger partial charge on any atom is 0.142 e. The van der Waals surface area contributed by atoms with Gasteiger partial charge in [0, 0.05) is 0 Å². The molecule has 0 aliphatic rings. The topological polar surface area (TPSA) is 17.1 Å². The average Bonchev–Trinajstić information content (AvgIpc) is 2.43. The van der Waals surface area contributed by atoms with E-state index in [1.54, 1.807) is 6.08 Å². The lowest BCUT2D eigenvalue weighted by molar-refractivity contribution is -0.104.